The van der Waals surface area contributed by atoms with E-state index in [4.69, 9.17) is 0 Å². The van der Waals surface area contributed by atoms with Crippen LogP contribution < -0.4 is 0 Å². The van der Waals surface area contributed by atoms with Gasteiger partial charge in [-0.05, 0) is 68.1 Å². The lowest BCUT2D eigenvalue weighted by Gasteiger charge is -2.36. The van der Waals surface area contributed by atoms with Gasteiger partial charge < -0.3 is 10.2 Å². The van der Waals surface area contributed by atoms with Crippen LogP contribution in [0.4, 0.5) is 0 Å². The Balaban J connectivity index is 2.28. The first-order valence-corrected chi connectivity index (χ1v) is 9.14. The summed E-state index contributed by atoms with van der Waals surface area (Å²) in [5, 5.41) is 21.2. The number of benzene rings is 1. The molecule has 2 unspecified atom stereocenters. The van der Waals surface area contributed by atoms with Crippen LogP contribution in [0.15, 0.2) is 24.3 Å². The molecule has 1 aliphatic rings. The number of hydrogen-bond donors (Lipinski definition) is 2. The van der Waals surface area contributed by atoms with Gasteiger partial charge in [-0.25, -0.2) is 0 Å². The zero-order valence-corrected chi connectivity index (χ0v) is 14.9. The molecular formula is C21H32O2. The third kappa shape index (κ3) is 4.31. The molecule has 1 aromatic carbocycles. The first kappa shape index (κ1) is 17.9. The summed E-state index contributed by atoms with van der Waals surface area (Å²) in [6.45, 7) is 10.7. The maximum atomic E-state index is 10.6. The van der Waals surface area contributed by atoms with Gasteiger partial charge in [0.1, 0.15) is 11.5 Å². The molecule has 128 valence electrons. The van der Waals surface area contributed by atoms with E-state index in [0.717, 1.165) is 42.4 Å². The molecule has 1 aliphatic carbocycles. The molecule has 0 amide bonds. The Labute approximate surface area is 141 Å². The highest BCUT2D eigenvalue weighted by molar-refractivity contribution is 5.49. The Kier molecular flexibility index (Phi) is 6.15. The second kappa shape index (κ2) is 7.90. The Bertz CT molecular complexity index is 524. The van der Waals surface area contributed by atoms with Crippen LogP contribution in [-0.2, 0) is 6.42 Å². The molecule has 1 aromatic rings. The van der Waals surface area contributed by atoms with Gasteiger partial charge in [0.15, 0.2) is 0 Å². The highest BCUT2D eigenvalue weighted by Crippen LogP contribution is 2.49. The molecule has 0 aromatic heterocycles. The van der Waals surface area contributed by atoms with E-state index in [0.29, 0.717) is 11.8 Å². The van der Waals surface area contributed by atoms with Crippen LogP contribution in [0.25, 0.3) is 0 Å². The summed E-state index contributed by atoms with van der Waals surface area (Å²) in [5.41, 5.74) is 2.93. The van der Waals surface area contributed by atoms with E-state index < -0.39 is 0 Å². The lowest BCUT2D eigenvalue weighted by molar-refractivity contribution is 0.267. The van der Waals surface area contributed by atoms with Gasteiger partial charge in [-0.15, -0.1) is 0 Å². The van der Waals surface area contributed by atoms with Crippen LogP contribution in [0, 0.1) is 11.8 Å². The van der Waals surface area contributed by atoms with E-state index >= 15 is 0 Å². The van der Waals surface area contributed by atoms with Crippen LogP contribution in [0.2, 0.25) is 0 Å². The van der Waals surface area contributed by atoms with E-state index in [1.165, 1.54) is 19.3 Å². The van der Waals surface area contributed by atoms with Gasteiger partial charge in [-0.2, -0.15) is 0 Å². The van der Waals surface area contributed by atoms with Crippen molar-refractivity contribution in [2.75, 3.05) is 0 Å². The fourth-order valence-electron chi connectivity index (χ4n) is 4.07. The lowest BCUT2D eigenvalue weighted by Crippen LogP contribution is -2.23. The minimum Gasteiger partial charge on any atom is -0.508 e. The number of phenolic OH excluding ortho intramolecular Hbond substituents is 2. The predicted octanol–water partition coefficient (Wildman–Crippen LogP) is 5.93. The summed E-state index contributed by atoms with van der Waals surface area (Å²) in [5.74, 6) is 1.69. The molecule has 0 saturated heterocycles. The van der Waals surface area contributed by atoms with Crippen LogP contribution in [0.1, 0.15) is 76.3 Å². The van der Waals surface area contributed by atoms with Crippen molar-refractivity contribution in [2.45, 2.75) is 71.6 Å². The van der Waals surface area contributed by atoms with E-state index in [2.05, 4.69) is 27.4 Å². The zero-order chi connectivity index (χ0) is 17.0. The van der Waals surface area contributed by atoms with Crippen molar-refractivity contribution >= 4 is 0 Å². The number of unbranched alkanes of at least 4 members (excludes halogenated alkanes) is 2. The lowest BCUT2D eigenvalue weighted by atomic mass is 9.69. The molecule has 1 saturated carbocycles. The summed E-state index contributed by atoms with van der Waals surface area (Å²) in [6, 6.07) is 3.72. The van der Waals surface area contributed by atoms with Crippen molar-refractivity contribution in [2.24, 2.45) is 11.8 Å². The third-order valence-electron chi connectivity index (χ3n) is 5.38. The number of aryl methyl sites for hydroxylation is 1. The molecule has 1 fully saturated rings. The quantitative estimate of drug-likeness (QED) is 0.504. The van der Waals surface area contributed by atoms with Crippen molar-refractivity contribution in [3.05, 3.63) is 35.4 Å². The van der Waals surface area contributed by atoms with Gasteiger partial charge in [-0.3, -0.25) is 0 Å². The molecule has 2 rings (SSSR count). The van der Waals surface area contributed by atoms with Crippen molar-refractivity contribution in [1.29, 1.82) is 0 Å². The maximum absolute atomic E-state index is 10.6. The topological polar surface area (TPSA) is 40.5 Å². The normalized spacial score (nSPS) is 24.6. The summed E-state index contributed by atoms with van der Waals surface area (Å²) in [6.07, 6.45) is 7.68. The molecule has 0 spiro atoms. The molecule has 3 atom stereocenters. The van der Waals surface area contributed by atoms with Gasteiger partial charge in [0.25, 0.3) is 0 Å². The standard InChI is InChI=1S/C21H32O2/c1-5-6-7-8-16-12-19(22)21(20(23)13-16)18-11-15(4)9-10-17(18)14(2)3/h12-13,15,17-18,22-23H,2,5-11H2,1,3-4H3/t15?,17-,18?/m0/s1. The van der Waals surface area contributed by atoms with E-state index in [9.17, 15) is 10.2 Å². The molecule has 23 heavy (non-hydrogen) atoms. The third-order valence-corrected chi connectivity index (χ3v) is 5.38. The smallest absolute Gasteiger partial charge is 0.123 e. The molecular weight excluding hydrogens is 284 g/mol. The van der Waals surface area contributed by atoms with Gasteiger partial charge in [0.05, 0.1) is 0 Å². The van der Waals surface area contributed by atoms with Crippen molar-refractivity contribution in [3.63, 3.8) is 0 Å². The Morgan fingerprint density at radius 3 is 2.39 bits per heavy atom. The Morgan fingerprint density at radius 1 is 1.17 bits per heavy atom. The van der Waals surface area contributed by atoms with Gasteiger partial charge >= 0.3 is 0 Å². The number of hydrogen-bond acceptors (Lipinski definition) is 2. The summed E-state index contributed by atoms with van der Waals surface area (Å²) < 4.78 is 0. The molecule has 0 heterocycles. The summed E-state index contributed by atoms with van der Waals surface area (Å²) in [4.78, 5) is 0. The van der Waals surface area contributed by atoms with Crippen LogP contribution in [0.5, 0.6) is 11.5 Å². The van der Waals surface area contributed by atoms with E-state index in [1.54, 1.807) is 0 Å². The first-order chi connectivity index (χ1) is 10.9. The van der Waals surface area contributed by atoms with Crippen LogP contribution in [0.3, 0.4) is 0 Å². The number of rotatable bonds is 6. The largest absolute Gasteiger partial charge is 0.508 e. The molecule has 0 aliphatic heterocycles. The predicted molar refractivity (Wildman–Crippen MR) is 97.1 cm³/mol. The maximum Gasteiger partial charge on any atom is 0.123 e. The van der Waals surface area contributed by atoms with Crippen LogP contribution in [-0.4, -0.2) is 10.2 Å². The van der Waals surface area contributed by atoms with E-state index in [1.807, 2.05) is 12.1 Å². The number of phenols is 2. The molecule has 2 N–H and O–H groups in total. The van der Waals surface area contributed by atoms with Crippen LogP contribution >= 0.6 is 0 Å². The van der Waals surface area contributed by atoms with Crippen molar-refractivity contribution < 1.29 is 10.2 Å². The Morgan fingerprint density at radius 2 is 1.83 bits per heavy atom. The van der Waals surface area contributed by atoms with E-state index in [-0.39, 0.29) is 17.4 Å². The monoisotopic (exact) mass is 316 g/mol. The number of allylic oxidation sites excluding steroid dienone is 1. The fourth-order valence-corrected chi connectivity index (χ4v) is 4.07. The van der Waals surface area contributed by atoms with Gasteiger partial charge in [-0.1, -0.05) is 45.3 Å². The summed E-state index contributed by atoms with van der Waals surface area (Å²) >= 11 is 0. The summed E-state index contributed by atoms with van der Waals surface area (Å²) in [7, 11) is 0. The zero-order valence-electron chi connectivity index (χ0n) is 14.9. The fraction of sp³-hybridized carbons (Fsp3) is 0.619. The highest BCUT2D eigenvalue weighted by atomic mass is 16.3. The molecule has 0 radical (unpaired) electrons. The second-order valence-electron chi connectivity index (χ2n) is 7.48. The minimum atomic E-state index is 0.181. The Hall–Kier alpha value is -1.44. The first-order valence-electron chi connectivity index (χ1n) is 9.14. The minimum absolute atomic E-state index is 0.181. The molecule has 2 nitrogen and oxygen atoms in total. The highest BCUT2D eigenvalue weighted by Gasteiger charge is 2.33. The van der Waals surface area contributed by atoms with Gasteiger partial charge in [0.2, 0.25) is 0 Å². The SMILES string of the molecule is C=C(C)[C@@H]1CCC(C)CC1c1c(O)cc(CCCCC)cc1O. The van der Waals surface area contributed by atoms with Crippen molar-refractivity contribution in [3.8, 4) is 11.5 Å². The molecule has 2 heteroatoms. The van der Waals surface area contributed by atoms with Gasteiger partial charge in [0, 0.05) is 5.56 Å². The molecule has 0 bridgehead atoms. The van der Waals surface area contributed by atoms with Crippen molar-refractivity contribution in [1.82, 2.24) is 0 Å². The number of aromatic hydroxyl groups is 2. The second-order valence-corrected chi connectivity index (χ2v) is 7.48. The average Bonchev–Trinajstić information content (AvgIpc) is 2.46. The average molecular weight is 316 g/mol.